The standard InChI is InChI=1S/C23H22FN5O3/c1-26-20-19(21(30)29(23(26)31)14-15-7-9-16(24)10-8-15)28-12-4-11-27(22(28)25-20)17-5-3-6-18(13-17)32-2/h3,5-10,13H,4,11-12,14H2,1-2H3. The predicted molar refractivity (Wildman–Crippen MR) is 119 cm³/mol. The maximum Gasteiger partial charge on any atom is 0.332 e. The summed E-state index contributed by atoms with van der Waals surface area (Å²) >= 11 is 0. The average Bonchev–Trinajstić information content (AvgIpc) is 3.22. The minimum Gasteiger partial charge on any atom is -0.497 e. The van der Waals surface area contributed by atoms with Gasteiger partial charge in [0.05, 0.1) is 13.7 Å². The fourth-order valence-electron chi connectivity index (χ4n) is 4.20. The molecule has 0 radical (unpaired) electrons. The van der Waals surface area contributed by atoms with Crippen LogP contribution in [0.1, 0.15) is 12.0 Å². The maximum atomic E-state index is 13.4. The van der Waals surface area contributed by atoms with Crippen molar-refractivity contribution in [1.82, 2.24) is 18.7 Å². The summed E-state index contributed by atoms with van der Waals surface area (Å²) in [6.07, 6.45) is 0.815. The molecule has 0 saturated heterocycles. The van der Waals surface area contributed by atoms with Crippen LogP contribution >= 0.6 is 0 Å². The summed E-state index contributed by atoms with van der Waals surface area (Å²) in [5, 5.41) is 0. The van der Waals surface area contributed by atoms with Crippen LogP contribution in [0.5, 0.6) is 5.75 Å². The van der Waals surface area contributed by atoms with Crippen LogP contribution in [0.3, 0.4) is 0 Å². The maximum absolute atomic E-state index is 13.4. The molecule has 0 saturated carbocycles. The fraction of sp³-hybridized carbons (Fsp3) is 0.261. The Bertz CT molecular complexity index is 1440. The van der Waals surface area contributed by atoms with Crippen molar-refractivity contribution >= 4 is 22.8 Å². The zero-order chi connectivity index (χ0) is 22.4. The van der Waals surface area contributed by atoms with E-state index in [1.807, 2.05) is 33.7 Å². The number of methoxy groups -OCH3 is 1. The minimum absolute atomic E-state index is 0.0574. The second-order valence-corrected chi connectivity index (χ2v) is 7.80. The number of hydrogen-bond acceptors (Lipinski definition) is 5. The highest BCUT2D eigenvalue weighted by Gasteiger charge is 2.27. The zero-order valence-electron chi connectivity index (χ0n) is 17.8. The lowest BCUT2D eigenvalue weighted by molar-refractivity contribution is 0.415. The Hall–Kier alpha value is -3.88. The summed E-state index contributed by atoms with van der Waals surface area (Å²) in [6, 6.07) is 13.4. The van der Waals surface area contributed by atoms with Crippen molar-refractivity contribution in [2.75, 3.05) is 18.6 Å². The van der Waals surface area contributed by atoms with Gasteiger partial charge < -0.3 is 14.2 Å². The fourth-order valence-corrected chi connectivity index (χ4v) is 4.20. The van der Waals surface area contributed by atoms with E-state index < -0.39 is 11.2 Å². The molecule has 32 heavy (non-hydrogen) atoms. The molecule has 0 amide bonds. The van der Waals surface area contributed by atoms with E-state index in [4.69, 9.17) is 9.72 Å². The smallest absolute Gasteiger partial charge is 0.332 e. The van der Waals surface area contributed by atoms with Crippen LogP contribution in [0.4, 0.5) is 16.0 Å². The van der Waals surface area contributed by atoms with E-state index in [0.29, 0.717) is 29.2 Å². The van der Waals surface area contributed by atoms with Crippen LogP contribution in [0.15, 0.2) is 58.1 Å². The first-order valence-corrected chi connectivity index (χ1v) is 10.3. The molecule has 0 N–H and O–H groups in total. The number of hydrogen-bond donors (Lipinski definition) is 0. The molecule has 1 aliphatic heterocycles. The molecule has 9 heteroatoms. The van der Waals surface area contributed by atoms with Crippen molar-refractivity contribution in [2.45, 2.75) is 19.5 Å². The minimum atomic E-state index is -0.463. The molecular formula is C23H22FN5O3. The van der Waals surface area contributed by atoms with Gasteiger partial charge in [0, 0.05) is 31.9 Å². The normalized spacial score (nSPS) is 13.4. The summed E-state index contributed by atoms with van der Waals surface area (Å²) in [6.45, 7) is 1.41. The summed E-state index contributed by atoms with van der Waals surface area (Å²) in [7, 11) is 3.23. The van der Waals surface area contributed by atoms with Gasteiger partial charge in [-0.25, -0.2) is 9.18 Å². The Morgan fingerprint density at radius 3 is 2.62 bits per heavy atom. The number of halogens is 1. The molecule has 5 rings (SSSR count). The molecule has 4 aromatic rings. The quantitative estimate of drug-likeness (QED) is 0.493. The van der Waals surface area contributed by atoms with Gasteiger partial charge in [0.15, 0.2) is 11.2 Å². The van der Waals surface area contributed by atoms with E-state index in [1.54, 1.807) is 26.3 Å². The molecule has 1 aliphatic rings. The van der Waals surface area contributed by atoms with Crippen LogP contribution in [0.25, 0.3) is 11.2 Å². The zero-order valence-corrected chi connectivity index (χ0v) is 17.8. The molecule has 0 atom stereocenters. The van der Waals surface area contributed by atoms with Gasteiger partial charge in [-0.15, -0.1) is 0 Å². The Labute approximate surface area is 182 Å². The Balaban J connectivity index is 1.68. The number of aromatic nitrogens is 4. The third kappa shape index (κ3) is 3.17. The van der Waals surface area contributed by atoms with Crippen LogP contribution in [0.2, 0.25) is 0 Å². The van der Waals surface area contributed by atoms with Gasteiger partial charge in [0.2, 0.25) is 5.95 Å². The Morgan fingerprint density at radius 2 is 1.88 bits per heavy atom. The van der Waals surface area contributed by atoms with E-state index in [9.17, 15) is 14.0 Å². The van der Waals surface area contributed by atoms with E-state index in [1.165, 1.54) is 21.3 Å². The Kier molecular flexibility index (Phi) is 4.80. The number of ether oxygens (including phenoxy) is 1. The molecule has 3 heterocycles. The summed E-state index contributed by atoms with van der Waals surface area (Å²) in [5.74, 6) is 0.975. The number of nitrogens with zero attached hydrogens (tertiary/aromatic N) is 5. The van der Waals surface area contributed by atoms with E-state index in [0.717, 1.165) is 24.4 Å². The van der Waals surface area contributed by atoms with Gasteiger partial charge >= 0.3 is 5.69 Å². The molecule has 0 spiro atoms. The van der Waals surface area contributed by atoms with Gasteiger partial charge in [-0.05, 0) is 36.2 Å². The van der Waals surface area contributed by atoms with Gasteiger partial charge in [-0.3, -0.25) is 13.9 Å². The summed E-state index contributed by atoms with van der Waals surface area (Å²) in [5.41, 5.74) is 1.43. The predicted octanol–water partition coefficient (Wildman–Crippen LogP) is 2.63. The van der Waals surface area contributed by atoms with Crippen LogP contribution in [-0.4, -0.2) is 32.3 Å². The number of anilines is 2. The summed E-state index contributed by atoms with van der Waals surface area (Å²) in [4.78, 5) is 33.1. The van der Waals surface area contributed by atoms with Crippen molar-refractivity contribution in [3.63, 3.8) is 0 Å². The number of benzene rings is 2. The molecule has 2 aromatic heterocycles. The lowest BCUT2D eigenvalue weighted by atomic mass is 10.2. The topological polar surface area (TPSA) is 74.3 Å². The van der Waals surface area contributed by atoms with E-state index in [2.05, 4.69) is 0 Å². The van der Waals surface area contributed by atoms with Gasteiger partial charge in [0.1, 0.15) is 11.6 Å². The van der Waals surface area contributed by atoms with Crippen molar-refractivity contribution in [3.8, 4) is 5.75 Å². The second kappa shape index (κ2) is 7.67. The van der Waals surface area contributed by atoms with E-state index >= 15 is 0 Å². The van der Waals surface area contributed by atoms with Crippen LogP contribution in [-0.2, 0) is 20.1 Å². The van der Waals surface area contributed by atoms with Crippen molar-refractivity contribution in [1.29, 1.82) is 0 Å². The van der Waals surface area contributed by atoms with Crippen molar-refractivity contribution < 1.29 is 9.13 Å². The highest BCUT2D eigenvalue weighted by Crippen LogP contribution is 2.32. The largest absolute Gasteiger partial charge is 0.497 e. The first-order chi connectivity index (χ1) is 15.5. The van der Waals surface area contributed by atoms with Crippen molar-refractivity contribution in [3.05, 3.63) is 80.7 Å². The molecule has 0 unspecified atom stereocenters. The number of aryl methyl sites for hydroxylation is 2. The number of rotatable bonds is 4. The second-order valence-electron chi connectivity index (χ2n) is 7.80. The van der Waals surface area contributed by atoms with Crippen LogP contribution < -0.4 is 20.9 Å². The number of fused-ring (bicyclic) bond motifs is 3. The summed E-state index contributed by atoms with van der Waals surface area (Å²) < 4.78 is 23.1. The Morgan fingerprint density at radius 1 is 1.09 bits per heavy atom. The molecule has 2 aromatic carbocycles. The molecule has 0 aliphatic carbocycles. The van der Waals surface area contributed by atoms with Crippen LogP contribution in [0, 0.1) is 5.82 Å². The SMILES string of the molecule is COc1cccc(N2CCCn3c2nc2c3c(=O)n(Cc3ccc(F)cc3)c(=O)n2C)c1. The van der Waals surface area contributed by atoms with E-state index in [-0.39, 0.29) is 12.4 Å². The molecule has 164 valence electrons. The molecule has 0 bridgehead atoms. The van der Waals surface area contributed by atoms with Gasteiger partial charge in [-0.1, -0.05) is 18.2 Å². The first-order valence-electron chi connectivity index (χ1n) is 10.3. The van der Waals surface area contributed by atoms with Crippen molar-refractivity contribution in [2.24, 2.45) is 7.05 Å². The molecular weight excluding hydrogens is 413 g/mol. The molecule has 8 nitrogen and oxygen atoms in total. The molecule has 0 fully saturated rings. The van der Waals surface area contributed by atoms with Gasteiger partial charge in [-0.2, -0.15) is 4.98 Å². The monoisotopic (exact) mass is 435 g/mol. The third-order valence-corrected chi connectivity index (χ3v) is 5.84. The highest BCUT2D eigenvalue weighted by molar-refractivity contribution is 5.77. The van der Waals surface area contributed by atoms with Gasteiger partial charge in [0.25, 0.3) is 5.56 Å². The third-order valence-electron chi connectivity index (χ3n) is 5.84. The lowest BCUT2D eigenvalue weighted by Crippen LogP contribution is -2.40. The highest BCUT2D eigenvalue weighted by atomic mass is 19.1. The first kappa shape index (κ1) is 20.0. The lowest BCUT2D eigenvalue weighted by Gasteiger charge is -2.29. The average molecular weight is 435 g/mol. The number of imidazole rings is 1.